The minimum absolute atomic E-state index is 0.0785. The van der Waals surface area contributed by atoms with Gasteiger partial charge in [-0.2, -0.15) is 0 Å². The quantitative estimate of drug-likeness (QED) is 0.691. The molecule has 0 radical (unpaired) electrons. The Morgan fingerprint density at radius 3 is 2.64 bits per heavy atom. The maximum absolute atomic E-state index is 6.02. The summed E-state index contributed by atoms with van der Waals surface area (Å²) in [6, 6.07) is 10.1. The lowest BCUT2D eigenvalue weighted by Gasteiger charge is -2.08. The van der Waals surface area contributed by atoms with E-state index in [2.05, 4.69) is 4.98 Å². The Kier molecular flexibility index (Phi) is 2.55. The zero-order chi connectivity index (χ0) is 9.97. The highest BCUT2D eigenvalue weighted by atomic mass is 35.5. The first-order valence-electron chi connectivity index (χ1n) is 4.52. The Morgan fingerprint density at radius 1 is 1.29 bits per heavy atom. The molecule has 0 spiro atoms. The van der Waals surface area contributed by atoms with Crippen molar-refractivity contribution >= 4 is 11.6 Å². The van der Waals surface area contributed by atoms with Gasteiger partial charge in [-0.1, -0.05) is 18.2 Å². The van der Waals surface area contributed by atoms with Crippen LogP contribution in [0.5, 0.6) is 0 Å². The molecule has 0 unspecified atom stereocenters. The largest absolute Gasteiger partial charge is 0.303 e. The molecule has 0 N–H and O–H groups in total. The van der Waals surface area contributed by atoms with Crippen molar-refractivity contribution in [2.75, 3.05) is 0 Å². The zero-order valence-electron chi connectivity index (χ0n) is 7.89. The summed E-state index contributed by atoms with van der Waals surface area (Å²) in [7, 11) is 0. The predicted molar refractivity (Wildman–Crippen MR) is 57.8 cm³/mol. The molecule has 0 saturated heterocycles. The van der Waals surface area contributed by atoms with Gasteiger partial charge < -0.3 is 4.57 Å². The molecule has 1 aromatic heterocycles. The Morgan fingerprint density at radius 2 is 2.00 bits per heavy atom. The van der Waals surface area contributed by atoms with Crippen LogP contribution in [0.15, 0.2) is 42.7 Å². The third-order valence-corrected chi connectivity index (χ3v) is 2.25. The standard InChI is InChI=1S/C11H11ClN2/c1-9(12)11-13-7-8-14(11)10-5-3-2-4-6-10/h2-9H,1H3/t9-/m0/s1. The van der Waals surface area contributed by atoms with Crippen molar-refractivity contribution in [3.63, 3.8) is 0 Å². The summed E-state index contributed by atoms with van der Waals surface area (Å²) < 4.78 is 2.00. The van der Waals surface area contributed by atoms with Crippen molar-refractivity contribution in [3.8, 4) is 5.69 Å². The average molecular weight is 207 g/mol. The Bertz CT molecular complexity index is 406. The maximum Gasteiger partial charge on any atom is 0.131 e. The lowest BCUT2D eigenvalue weighted by atomic mass is 10.3. The molecule has 0 fully saturated rings. The van der Waals surface area contributed by atoms with E-state index in [-0.39, 0.29) is 5.38 Å². The van der Waals surface area contributed by atoms with Crippen LogP contribution in [0.3, 0.4) is 0 Å². The smallest absolute Gasteiger partial charge is 0.131 e. The van der Waals surface area contributed by atoms with Gasteiger partial charge in [0.1, 0.15) is 5.82 Å². The molecule has 72 valence electrons. The van der Waals surface area contributed by atoms with E-state index in [1.165, 1.54) is 0 Å². The molecule has 1 heterocycles. The first kappa shape index (κ1) is 9.28. The molecule has 2 rings (SSSR count). The molecule has 1 atom stereocenters. The lowest BCUT2D eigenvalue weighted by Crippen LogP contribution is -2.00. The highest BCUT2D eigenvalue weighted by molar-refractivity contribution is 6.20. The van der Waals surface area contributed by atoms with Crippen LogP contribution < -0.4 is 0 Å². The molecule has 0 aliphatic heterocycles. The molecule has 0 saturated carbocycles. The molecule has 0 amide bonds. The second-order valence-electron chi connectivity index (χ2n) is 3.11. The highest BCUT2D eigenvalue weighted by Crippen LogP contribution is 2.20. The van der Waals surface area contributed by atoms with E-state index in [9.17, 15) is 0 Å². The van der Waals surface area contributed by atoms with Crippen molar-refractivity contribution in [2.24, 2.45) is 0 Å². The van der Waals surface area contributed by atoms with Gasteiger partial charge >= 0.3 is 0 Å². The second-order valence-corrected chi connectivity index (χ2v) is 3.76. The van der Waals surface area contributed by atoms with E-state index in [1.807, 2.05) is 48.0 Å². The topological polar surface area (TPSA) is 17.8 Å². The van der Waals surface area contributed by atoms with Crippen molar-refractivity contribution in [1.82, 2.24) is 9.55 Å². The van der Waals surface area contributed by atoms with E-state index in [4.69, 9.17) is 11.6 Å². The number of benzene rings is 1. The van der Waals surface area contributed by atoms with Crippen LogP contribution in [0, 0.1) is 0 Å². The summed E-state index contributed by atoms with van der Waals surface area (Å²) >= 11 is 6.02. The van der Waals surface area contributed by atoms with Gasteiger partial charge in [0.05, 0.1) is 5.38 Å². The Labute approximate surface area is 88.2 Å². The molecule has 3 heteroatoms. The molecular formula is C11H11ClN2. The summed E-state index contributed by atoms with van der Waals surface area (Å²) in [6.45, 7) is 1.92. The van der Waals surface area contributed by atoms with Gasteiger partial charge in [0, 0.05) is 18.1 Å². The van der Waals surface area contributed by atoms with Gasteiger partial charge in [-0.15, -0.1) is 11.6 Å². The summed E-state index contributed by atoms with van der Waals surface area (Å²) in [6.07, 6.45) is 3.69. The van der Waals surface area contributed by atoms with Crippen LogP contribution in [0.4, 0.5) is 0 Å². The third-order valence-electron chi connectivity index (χ3n) is 2.06. The average Bonchev–Trinajstić information content (AvgIpc) is 2.67. The Balaban J connectivity index is 2.47. The van der Waals surface area contributed by atoms with Crippen LogP contribution in [0.25, 0.3) is 5.69 Å². The lowest BCUT2D eigenvalue weighted by molar-refractivity contribution is 0.867. The van der Waals surface area contributed by atoms with E-state index in [0.717, 1.165) is 11.5 Å². The fourth-order valence-electron chi connectivity index (χ4n) is 1.42. The number of aromatic nitrogens is 2. The number of halogens is 1. The third kappa shape index (κ3) is 1.66. The number of hydrogen-bond donors (Lipinski definition) is 0. The fraction of sp³-hybridized carbons (Fsp3) is 0.182. The molecule has 14 heavy (non-hydrogen) atoms. The zero-order valence-corrected chi connectivity index (χ0v) is 8.65. The molecule has 1 aromatic carbocycles. The minimum Gasteiger partial charge on any atom is -0.303 e. The normalized spacial score (nSPS) is 12.7. The fourth-order valence-corrected chi connectivity index (χ4v) is 1.58. The van der Waals surface area contributed by atoms with Crippen molar-refractivity contribution < 1.29 is 0 Å². The molecule has 0 aliphatic carbocycles. The van der Waals surface area contributed by atoms with Crippen LogP contribution >= 0.6 is 11.6 Å². The van der Waals surface area contributed by atoms with Gasteiger partial charge in [-0.25, -0.2) is 4.98 Å². The summed E-state index contributed by atoms with van der Waals surface area (Å²) in [5.74, 6) is 0.873. The number of para-hydroxylation sites is 1. The van der Waals surface area contributed by atoms with Crippen molar-refractivity contribution in [2.45, 2.75) is 12.3 Å². The maximum atomic E-state index is 6.02. The number of hydrogen-bond acceptors (Lipinski definition) is 1. The van der Waals surface area contributed by atoms with E-state index < -0.39 is 0 Å². The molecule has 2 nitrogen and oxygen atoms in total. The molecule has 2 aromatic rings. The van der Waals surface area contributed by atoms with Gasteiger partial charge in [-0.05, 0) is 19.1 Å². The van der Waals surface area contributed by atoms with Crippen LogP contribution in [0.2, 0.25) is 0 Å². The minimum atomic E-state index is -0.0785. The first-order chi connectivity index (χ1) is 6.79. The summed E-state index contributed by atoms with van der Waals surface area (Å²) in [5, 5.41) is -0.0785. The van der Waals surface area contributed by atoms with Crippen molar-refractivity contribution in [1.29, 1.82) is 0 Å². The highest BCUT2D eigenvalue weighted by Gasteiger charge is 2.09. The monoisotopic (exact) mass is 206 g/mol. The van der Waals surface area contributed by atoms with Gasteiger partial charge in [0.25, 0.3) is 0 Å². The van der Waals surface area contributed by atoms with Crippen LogP contribution in [-0.2, 0) is 0 Å². The van der Waals surface area contributed by atoms with Gasteiger partial charge in [-0.3, -0.25) is 0 Å². The predicted octanol–water partition coefficient (Wildman–Crippen LogP) is 3.17. The SMILES string of the molecule is C[C@H](Cl)c1nccn1-c1ccccc1. The number of nitrogens with zero attached hydrogens (tertiary/aromatic N) is 2. The molecule has 0 aliphatic rings. The second kappa shape index (κ2) is 3.84. The van der Waals surface area contributed by atoms with Crippen molar-refractivity contribution in [3.05, 3.63) is 48.5 Å². The summed E-state index contributed by atoms with van der Waals surface area (Å²) in [5.41, 5.74) is 1.09. The van der Waals surface area contributed by atoms with E-state index in [1.54, 1.807) is 6.20 Å². The van der Waals surface area contributed by atoms with E-state index >= 15 is 0 Å². The Hall–Kier alpha value is -1.28. The summed E-state index contributed by atoms with van der Waals surface area (Å²) in [4.78, 5) is 4.22. The number of imidazole rings is 1. The first-order valence-corrected chi connectivity index (χ1v) is 4.95. The number of alkyl halides is 1. The van der Waals surface area contributed by atoms with Crippen LogP contribution in [-0.4, -0.2) is 9.55 Å². The van der Waals surface area contributed by atoms with E-state index in [0.29, 0.717) is 0 Å². The molecular weight excluding hydrogens is 196 g/mol. The molecule has 0 bridgehead atoms. The number of rotatable bonds is 2. The van der Waals surface area contributed by atoms with Gasteiger partial charge in [0.15, 0.2) is 0 Å². The van der Waals surface area contributed by atoms with Crippen LogP contribution in [0.1, 0.15) is 18.1 Å². The van der Waals surface area contributed by atoms with Gasteiger partial charge in [0.2, 0.25) is 0 Å².